The van der Waals surface area contributed by atoms with E-state index in [1.807, 2.05) is 6.07 Å². The van der Waals surface area contributed by atoms with Crippen molar-refractivity contribution in [2.45, 2.75) is 51.6 Å². The van der Waals surface area contributed by atoms with Gasteiger partial charge in [0.1, 0.15) is 5.56 Å². The van der Waals surface area contributed by atoms with Gasteiger partial charge in [0.2, 0.25) is 0 Å². The molecule has 1 saturated carbocycles. The van der Waals surface area contributed by atoms with Crippen LogP contribution in [0.2, 0.25) is 0 Å². The largest absolute Gasteiger partial charge is 0.348 e. The van der Waals surface area contributed by atoms with Gasteiger partial charge in [-0.05, 0) is 50.7 Å². The summed E-state index contributed by atoms with van der Waals surface area (Å²) in [6, 6.07) is 4.14. The third kappa shape index (κ3) is 3.09. The summed E-state index contributed by atoms with van der Waals surface area (Å²) in [6.45, 7) is 8.31. The number of carbonyl (C=O) groups is 1. The predicted molar refractivity (Wildman–Crippen MR) is 86.2 cm³/mol. The zero-order valence-electron chi connectivity index (χ0n) is 13.6. The smallest absolute Gasteiger partial charge is 0.261 e. The normalized spacial score (nSPS) is 25.6. The van der Waals surface area contributed by atoms with Crippen molar-refractivity contribution in [2.75, 3.05) is 13.1 Å². The molecule has 2 heterocycles. The van der Waals surface area contributed by atoms with Crippen molar-refractivity contribution >= 4 is 5.91 Å². The Morgan fingerprint density at radius 1 is 1.32 bits per heavy atom. The molecule has 2 aliphatic rings. The van der Waals surface area contributed by atoms with Gasteiger partial charge in [0, 0.05) is 30.9 Å². The number of nitrogens with one attached hydrogen (secondary N) is 2. The van der Waals surface area contributed by atoms with E-state index in [1.54, 1.807) is 6.07 Å². The third-order valence-corrected chi connectivity index (χ3v) is 4.88. The molecule has 1 saturated heterocycles. The Morgan fingerprint density at radius 3 is 2.59 bits per heavy atom. The molecule has 1 aliphatic heterocycles. The van der Waals surface area contributed by atoms with Crippen LogP contribution in [-0.2, 0) is 0 Å². The molecule has 1 aromatic rings. The second-order valence-corrected chi connectivity index (χ2v) is 7.04. The summed E-state index contributed by atoms with van der Waals surface area (Å²) in [6.07, 6.45) is 2.26. The SMILES string of the molecule is CC1CN(C(C)C)CC1NC(=O)c1ccc(C2CC2)[nH]c1=O. The average Bonchev–Trinajstić information content (AvgIpc) is 3.24. The van der Waals surface area contributed by atoms with Crippen molar-refractivity contribution in [3.63, 3.8) is 0 Å². The highest BCUT2D eigenvalue weighted by Crippen LogP contribution is 2.38. The van der Waals surface area contributed by atoms with Gasteiger partial charge in [-0.2, -0.15) is 0 Å². The summed E-state index contributed by atoms with van der Waals surface area (Å²) in [5.41, 5.74) is 0.912. The van der Waals surface area contributed by atoms with Crippen LogP contribution in [0.4, 0.5) is 0 Å². The lowest BCUT2D eigenvalue weighted by Crippen LogP contribution is -2.42. The number of aromatic nitrogens is 1. The number of aromatic amines is 1. The number of carbonyl (C=O) groups excluding carboxylic acids is 1. The van der Waals surface area contributed by atoms with Gasteiger partial charge in [0.15, 0.2) is 0 Å². The zero-order valence-corrected chi connectivity index (χ0v) is 13.6. The van der Waals surface area contributed by atoms with Crippen LogP contribution in [0.15, 0.2) is 16.9 Å². The molecule has 0 radical (unpaired) electrons. The minimum absolute atomic E-state index is 0.109. The molecule has 2 N–H and O–H groups in total. The van der Waals surface area contributed by atoms with Crippen molar-refractivity contribution < 1.29 is 4.79 Å². The predicted octanol–water partition coefficient (Wildman–Crippen LogP) is 1.71. The fourth-order valence-electron chi connectivity index (χ4n) is 3.16. The number of likely N-dealkylation sites (tertiary alicyclic amines) is 1. The van der Waals surface area contributed by atoms with Crippen LogP contribution in [0.25, 0.3) is 0 Å². The Bertz CT molecular complexity index is 619. The molecule has 1 aliphatic carbocycles. The lowest BCUT2D eigenvalue weighted by atomic mass is 10.1. The first-order chi connectivity index (χ1) is 10.5. The molecule has 2 atom stereocenters. The van der Waals surface area contributed by atoms with Gasteiger partial charge in [0.05, 0.1) is 0 Å². The molecule has 120 valence electrons. The van der Waals surface area contributed by atoms with Crippen LogP contribution in [0.3, 0.4) is 0 Å². The molecule has 1 aromatic heterocycles. The molecular formula is C17H25N3O2. The highest BCUT2D eigenvalue weighted by molar-refractivity contribution is 5.94. The molecule has 0 bridgehead atoms. The summed E-state index contributed by atoms with van der Waals surface area (Å²) in [4.78, 5) is 29.7. The van der Waals surface area contributed by atoms with Crippen molar-refractivity contribution in [1.82, 2.24) is 15.2 Å². The fourth-order valence-corrected chi connectivity index (χ4v) is 3.16. The number of hydrogen-bond donors (Lipinski definition) is 2. The number of hydrogen-bond acceptors (Lipinski definition) is 3. The molecule has 5 nitrogen and oxygen atoms in total. The van der Waals surface area contributed by atoms with Gasteiger partial charge in [0.25, 0.3) is 11.5 Å². The standard InChI is InChI=1S/C17H25N3O2/c1-10(2)20-8-11(3)15(9-20)19-17(22)13-6-7-14(12-4-5-12)18-16(13)21/h6-7,10-12,15H,4-5,8-9H2,1-3H3,(H,18,21)(H,19,22). The average molecular weight is 303 g/mol. The summed E-state index contributed by atoms with van der Waals surface area (Å²) in [7, 11) is 0. The van der Waals surface area contributed by atoms with E-state index in [-0.39, 0.29) is 23.1 Å². The van der Waals surface area contributed by atoms with E-state index in [9.17, 15) is 9.59 Å². The van der Waals surface area contributed by atoms with E-state index in [4.69, 9.17) is 0 Å². The van der Waals surface area contributed by atoms with Gasteiger partial charge >= 0.3 is 0 Å². The van der Waals surface area contributed by atoms with Gasteiger partial charge in [-0.1, -0.05) is 6.92 Å². The van der Waals surface area contributed by atoms with Gasteiger partial charge in [-0.15, -0.1) is 0 Å². The maximum absolute atomic E-state index is 12.4. The van der Waals surface area contributed by atoms with Crippen molar-refractivity contribution in [3.05, 3.63) is 33.7 Å². The number of amides is 1. The van der Waals surface area contributed by atoms with Crippen molar-refractivity contribution in [3.8, 4) is 0 Å². The third-order valence-electron chi connectivity index (χ3n) is 4.88. The molecule has 0 aromatic carbocycles. The van der Waals surface area contributed by atoms with Crippen molar-refractivity contribution in [2.24, 2.45) is 5.92 Å². The summed E-state index contributed by atoms with van der Waals surface area (Å²) in [5.74, 6) is 0.626. The van der Waals surface area contributed by atoms with Crippen LogP contribution in [0.5, 0.6) is 0 Å². The lowest BCUT2D eigenvalue weighted by Gasteiger charge is -2.20. The second-order valence-electron chi connectivity index (χ2n) is 7.04. The van der Waals surface area contributed by atoms with E-state index >= 15 is 0 Å². The van der Waals surface area contributed by atoms with E-state index in [0.29, 0.717) is 17.9 Å². The van der Waals surface area contributed by atoms with E-state index in [0.717, 1.165) is 31.6 Å². The molecular weight excluding hydrogens is 278 g/mol. The summed E-state index contributed by atoms with van der Waals surface area (Å²) in [5, 5.41) is 3.03. The zero-order chi connectivity index (χ0) is 15.9. The highest BCUT2D eigenvalue weighted by atomic mass is 16.2. The van der Waals surface area contributed by atoms with Crippen LogP contribution in [0.1, 0.15) is 55.6 Å². The number of H-pyrrole nitrogens is 1. The van der Waals surface area contributed by atoms with Crippen molar-refractivity contribution in [1.29, 1.82) is 0 Å². The Hall–Kier alpha value is -1.62. The molecule has 2 unspecified atom stereocenters. The van der Waals surface area contributed by atoms with E-state index < -0.39 is 0 Å². The maximum Gasteiger partial charge on any atom is 0.261 e. The molecule has 3 rings (SSSR count). The highest BCUT2D eigenvalue weighted by Gasteiger charge is 2.32. The lowest BCUT2D eigenvalue weighted by molar-refractivity contribution is 0.0929. The fraction of sp³-hybridized carbons (Fsp3) is 0.647. The van der Waals surface area contributed by atoms with Crippen LogP contribution < -0.4 is 10.9 Å². The monoisotopic (exact) mass is 303 g/mol. The topological polar surface area (TPSA) is 65.2 Å². The van der Waals surface area contributed by atoms with Gasteiger partial charge in [-0.25, -0.2) is 0 Å². The minimum atomic E-state index is -0.270. The summed E-state index contributed by atoms with van der Waals surface area (Å²) < 4.78 is 0. The summed E-state index contributed by atoms with van der Waals surface area (Å²) >= 11 is 0. The molecule has 22 heavy (non-hydrogen) atoms. The molecule has 5 heteroatoms. The Labute approximate surface area is 131 Å². The Balaban J connectivity index is 1.68. The quantitative estimate of drug-likeness (QED) is 0.890. The van der Waals surface area contributed by atoms with E-state index in [1.165, 1.54) is 0 Å². The first-order valence-corrected chi connectivity index (χ1v) is 8.24. The second kappa shape index (κ2) is 5.88. The first kappa shape index (κ1) is 15.3. The van der Waals surface area contributed by atoms with Gasteiger partial charge in [-0.3, -0.25) is 14.5 Å². The van der Waals surface area contributed by atoms with Crippen LogP contribution in [0, 0.1) is 5.92 Å². The molecule has 2 fully saturated rings. The van der Waals surface area contributed by atoms with Crippen LogP contribution >= 0.6 is 0 Å². The van der Waals surface area contributed by atoms with Crippen LogP contribution in [-0.4, -0.2) is 41.0 Å². The number of pyridine rings is 1. The first-order valence-electron chi connectivity index (χ1n) is 8.24. The molecule has 1 amide bonds. The number of nitrogens with zero attached hydrogens (tertiary/aromatic N) is 1. The maximum atomic E-state index is 12.4. The minimum Gasteiger partial charge on any atom is -0.348 e. The number of rotatable bonds is 4. The molecule has 0 spiro atoms. The van der Waals surface area contributed by atoms with Gasteiger partial charge < -0.3 is 10.3 Å². The van der Waals surface area contributed by atoms with E-state index in [2.05, 4.69) is 36.0 Å². The Kier molecular flexibility index (Phi) is 4.08. The Morgan fingerprint density at radius 2 is 2.05 bits per heavy atom.